The number of carbonyl (C=O) groups is 1. The van der Waals surface area contributed by atoms with Gasteiger partial charge in [0.15, 0.2) is 0 Å². The molecule has 0 aromatic carbocycles. The van der Waals surface area contributed by atoms with Crippen molar-refractivity contribution in [3.63, 3.8) is 0 Å². The maximum atomic E-state index is 11.0. The molecule has 5 nitrogen and oxygen atoms in total. The lowest BCUT2D eigenvalue weighted by atomic mass is 9.87. The number of nitrogens with one attached hydrogen (secondary N) is 1. The highest BCUT2D eigenvalue weighted by Crippen LogP contribution is 2.22. The standard InChI is InChI=1S/C9H19NO4S/c1-9(2,3)6-7(5-8(11)12)10-15(4,13)14/h7,10H,5-6H2,1-4H3,(H,11,12). The van der Waals surface area contributed by atoms with E-state index in [0.29, 0.717) is 6.42 Å². The summed E-state index contributed by atoms with van der Waals surface area (Å²) in [6, 6.07) is -0.544. The number of hydrogen-bond acceptors (Lipinski definition) is 3. The molecular formula is C9H19NO4S. The van der Waals surface area contributed by atoms with Crippen LogP contribution in [-0.4, -0.2) is 31.8 Å². The number of aliphatic carboxylic acids is 1. The maximum Gasteiger partial charge on any atom is 0.304 e. The lowest BCUT2D eigenvalue weighted by molar-refractivity contribution is -0.137. The zero-order valence-electron chi connectivity index (χ0n) is 9.57. The summed E-state index contributed by atoms with van der Waals surface area (Å²) in [7, 11) is -3.35. The van der Waals surface area contributed by atoms with Crippen molar-refractivity contribution in [2.24, 2.45) is 5.41 Å². The van der Waals surface area contributed by atoms with Crippen LogP contribution in [0, 0.1) is 5.41 Å². The van der Waals surface area contributed by atoms with Crippen molar-refractivity contribution >= 4 is 16.0 Å². The Labute approximate surface area is 90.9 Å². The highest BCUT2D eigenvalue weighted by atomic mass is 32.2. The van der Waals surface area contributed by atoms with Crippen molar-refractivity contribution in [1.29, 1.82) is 0 Å². The molecule has 0 aromatic heterocycles. The van der Waals surface area contributed by atoms with E-state index in [9.17, 15) is 13.2 Å². The summed E-state index contributed by atoms with van der Waals surface area (Å²) in [5, 5.41) is 8.64. The lowest BCUT2D eigenvalue weighted by Crippen LogP contribution is -2.38. The van der Waals surface area contributed by atoms with Gasteiger partial charge in [0.25, 0.3) is 0 Å². The fraction of sp³-hybridized carbons (Fsp3) is 0.889. The molecule has 0 rings (SSSR count). The van der Waals surface area contributed by atoms with Gasteiger partial charge in [-0.15, -0.1) is 0 Å². The number of carboxylic acids is 1. The summed E-state index contributed by atoms with van der Waals surface area (Å²) in [5.74, 6) is -1.000. The van der Waals surface area contributed by atoms with Gasteiger partial charge >= 0.3 is 5.97 Å². The van der Waals surface area contributed by atoms with Crippen LogP contribution < -0.4 is 4.72 Å². The third-order valence-corrected chi connectivity index (χ3v) is 2.42. The maximum absolute atomic E-state index is 11.0. The van der Waals surface area contributed by atoms with E-state index in [-0.39, 0.29) is 11.8 Å². The third-order valence-electron chi connectivity index (χ3n) is 1.66. The van der Waals surface area contributed by atoms with Crippen molar-refractivity contribution in [2.75, 3.05) is 6.26 Å². The molecule has 0 radical (unpaired) electrons. The zero-order valence-corrected chi connectivity index (χ0v) is 10.4. The van der Waals surface area contributed by atoms with E-state index in [4.69, 9.17) is 5.11 Å². The van der Waals surface area contributed by atoms with Crippen molar-refractivity contribution < 1.29 is 18.3 Å². The Bertz CT molecular complexity index is 315. The molecule has 0 saturated carbocycles. The Morgan fingerprint density at radius 3 is 2.13 bits per heavy atom. The van der Waals surface area contributed by atoms with Gasteiger partial charge in [0, 0.05) is 6.04 Å². The molecule has 2 N–H and O–H groups in total. The van der Waals surface area contributed by atoms with E-state index >= 15 is 0 Å². The monoisotopic (exact) mass is 237 g/mol. The van der Waals surface area contributed by atoms with Gasteiger partial charge in [0.05, 0.1) is 12.7 Å². The van der Waals surface area contributed by atoms with Crippen LogP contribution in [0.3, 0.4) is 0 Å². The molecule has 0 saturated heterocycles. The van der Waals surface area contributed by atoms with E-state index in [0.717, 1.165) is 6.26 Å². The molecule has 0 aliphatic rings. The van der Waals surface area contributed by atoms with Crippen molar-refractivity contribution in [3.8, 4) is 0 Å². The largest absolute Gasteiger partial charge is 0.481 e. The molecule has 0 amide bonds. The first-order valence-corrected chi connectivity index (χ1v) is 6.58. The van der Waals surface area contributed by atoms with E-state index < -0.39 is 22.0 Å². The fourth-order valence-electron chi connectivity index (χ4n) is 1.41. The van der Waals surface area contributed by atoms with E-state index in [1.54, 1.807) is 0 Å². The molecule has 6 heteroatoms. The van der Waals surface area contributed by atoms with Crippen molar-refractivity contribution in [3.05, 3.63) is 0 Å². The molecule has 90 valence electrons. The van der Waals surface area contributed by atoms with Gasteiger partial charge in [0.1, 0.15) is 0 Å². The average Bonchev–Trinajstić information content (AvgIpc) is 1.73. The fourth-order valence-corrected chi connectivity index (χ4v) is 2.18. The molecule has 0 spiro atoms. The van der Waals surface area contributed by atoms with Crippen LogP contribution in [0.25, 0.3) is 0 Å². The van der Waals surface area contributed by atoms with Gasteiger partial charge in [-0.1, -0.05) is 20.8 Å². The summed E-state index contributed by atoms with van der Waals surface area (Å²) in [4.78, 5) is 10.5. The molecule has 15 heavy (non-hydrogen) atoms. The predicted octanol–water partition coefficient (Wildman–Crippen LogP) is 0.815. The van der Waals surface area contributed by atoms with Gasteiger partial charge in [0.2, 0.25) is 10.0 Å². The quantitative estimate of drug-likeness (QED) is 0.741. The minimum absolute atomic E-state index is 0.113. The van der Waals surface area contributed by atoms with E-state index in [2.05, 4.69) is 4.72 Å². The van der Waals surface area contributed by atoms with Crippen LogP contribution in [0.1, 0.15) is 33.6 Å². The second-order valence-corrected chi connectivity index (χ2v) is 6.73. The van der Waals surface area contributed by atoms with Crippen molar-refractivity contribution in [2.45, 2.75) is 39.7 Å². The average molecular weight is 237 g/mol. The van der Waals surface area contributed by atoms with Crippen LogP contribution in [0.2, 0.25) is 0 Å². The highest BCUT2D eigenvalue weighted by Gasteiger charge is 2.23. The number of carboxylic acid groups (broad SMARTS) is 1. The molecule has 1 unspecified atom stereocenters. The van der Waals surface area contributed by atoms with Gasteiger partial charge in [-0.3, -0.25) is 4.79 Å². The van der Waals surface area contributed by atoms with Gasteiger partial charge in [-0.25, -0.2) is 13.1 Å². The highest BCUT2D eigenvalue weighted by molar-refractivity contribution is 7.88. The first kappa shape index (κ1) is 14.4. The Balaban J connectivity index is 4.53. The predicted molar refractivity (Wildman–Crippen MR) is 58.1 cm³/mol. The Morgan fingerprint density at radius 1 is 1.40 bits per heavy atom. The second kappa shape index (κ2) is 4.94. The van der Waals surface area contributed by atoms with Crippen molar-refractivity contribution in [1.82, 2.24) is 4.72 Å². The van der Waals surface area contributed by atoms with Gasteiger partial charge in [-0.05, 0) is 11.8 Å². The summed E-state index contributed by atoms with van der Waals surface area (Å²) in [6.45, 7) is 5.81. The van der Waals surface area contributed by atoms with Gasteiger partial charge in [-0.2, -0.15) is 0 Å². The normalized spacial score (nSPS) is 14.9. The number of hydrogen-bond donors (Lipinski definition) is 2. The molecule has 1 atom stereocenters. The molecule has 0 aromatic rings. The Hall–Kier alpha value is -0.620. The summed E-state index contributed by atoms with van der Waals surface area (Å²) in [5.41, 5.74) is -0.113. The van der Waals surface area contributed by atoms with Crippen LogP contribution in [-0.2, 0) is 14.8 Å². The van der Waals surface area contributed by atoms with E-state index in [1.807, 2.05) is 20.8 Å². The summed E-state index contributed by atoms with van der Waals surface area (Å²) >= 11 is 0. The SMILES string of the molecule is CC(C)(C)CC(CC(=O)O)NS(C)(=O)=O. The summed E-state index contributed by atoms with van der Waals surface area (Å²) < 4.78 is 24.3. The smallest absolute Gasteiger partial charge is 0.304 e. The zero-order chi connectivity index (χ0) is 12.3. The van der Waals surface area contributed by atoms with Crippen LogP contribution in [0.5, 0.6) is 0 Å². The van der Waals surface area contributed by atoms with Crippen LogP contribution in [0.4, 0.5) is 0 Å². The molecule has 0 aliphatic heterocycles. The summed E-state index contributed by atoms with van der Waals surface area (Å²) in [6.07, 6.45) is 1.33. The van der Waals surface area contributed by atoms with Gasteiger partial charge < -0.3 is 5.11 Å². The number of sulfonamides is 1. The second-order valence-electron chi connectivity index (χ2n) is 4.95. The Kier molecular flexibility index (Phi) is 4.73. The molecule has 0 heterocycles. The van der Waals surface area contributed by atoms with Crippen LogP contribution >= 0.6 is 0 Å². The molecule has 0 bridgehead atoms. The number of rotatable bonds is 5. The third kappa shape index (κ3) is 9.68. The Morgan fingerprint density at radius 2 is 1.87 bits per heavy atom. The molecular weight excluding hydrogens is 218 g/mol. The van der Waals surface area contributed by atoms with Crippen LogP contribution in [0.15, 0.2) is 0 Å². The minimum atomic E-state index is -3.35. The molecule has 0 fully saturated rings. The topological polar surface area (TPSA) is 83.5 Å². The molecule has 0 aliphatic carbocycles. The first-order valence-electron chi connectivity index (χ1n) is 4.69. The lowest BCUT2D eigenvalue weighted by Gasteiger charge is -2.25. The first-order chi connectivity index (χ1) is 6.49. The minimum Gasteiger partial charge on any atom is -0.481 e. The van der Waals surface area contributed by atoms with E-state index in [1.165, 1.54) is 0 Å².